The second-order valence-electron chi connectivity index (χ2n) is 7.99. The first kappa shape index (κ1) is 23.1. The van der Waals surface area contributed by atoms with Crippen LogP contribution in [0.25, 0.3) is 0 Å². The van der Waals surface area contributed by atoms with Gasteiger partial charge in [-0.3, -0.25) is 9.69 Å². The van der Waals surface area contributed by atoms with Gasteiger partial charge in [-0.2, -0.15) is 0 Å². The van der Waals surface area contributed by atoms with E-state index in [2.05, 4.69) is 11.9 Å². The normalized spacial score (nSPS) is 18.0. The first-order valence-corrected chi connectivity index (χ1v) is 12.2. The summed E-state index contributed by atoms with van der Waals surface area (Å²) in [5.41, 5.74) is 2.70. The maximum atomic E-state index is 13.3. The third kappa shape index (κ3) is 5.30. The number of fused-ring (bicyclic) bond motifs is 1. The Hall–Kier alpha value is -3.06. The molecule has 2 aliphatic heterocycles. The van der Waals surface area contributed by atoms with Gasteiger partial charge in [-0.1, -0.05) is 67.6 Å². The van der Waals surface area contributed by atoms with E-state index in [0.29, 0.717) is 35.2 Å². The van der Waals surface area contributed by atoms with Crippen LogP contribution in [0.3, 0.4) is 0 Å². The van der Waals surface area contributed by atoms with Crippen molar-refractivity contribution >= 4 is 28.8 Å². The smallest absolute Gasteiger partial charge is 0.338 e. The van der Waals surface area contributed by atoms with E-state index in [-0.39, 0.29) is 12.5 Å². The number of nitrogens with zero attached hydrogens (tertiary/aromatic N) is 2. The van der Waals surface area contributed by atoms with Crippen LogP contribution >= 0.6 is 11.8 Å². The van der Waals surface area contributed by atoms with Crippen LogP contribution in [0.15, 0.2) is 70.9 Å². The molecule has 2 aromatic carbocycles. The number of carbonyl (C=O) groups excluding carboxylic acids is 2. The zero-order valence-electron chi connectivity index (χ0n) is 19.0. The molecular formula is C26H28N2O4S. The SMILES string of the molecule is CCCCOc1ccc([C@@H]2C(C(=O)OCc3ccccc3)=C(C)N=C3SCCC(=O)N32)cc1. The Morgan fingerprint density at radius 2 is 1.91 bits per heavy atom. The van der Waals surface area contributed by atoms with E-state index in [1.54, 1.807) is 11.8 Å². The van der Waals surface area contributed by atoms with Gasteiger partial charge in [-0.25, -0.2) is 9.79 Å². The molecule has 172 valence electrons. The van der Waals surface area contributed by atoms with E-state index in [0.717, 1.165) is 29.7 Å². The van der Waals surface area contributed by atoms with Gasteiger partial charge in [0.25, 0.3) is 0 Å². The summed E-state index contributed by atoms with van der Waals surface area (Å²) in [6.07, 6.45) is 2.46. The fourth-order valence-corrected chi connectivity index (χ4v) is 4.86. The lowest BCUT2D eigenvalue weighted by Crippen LogP contribution is -2.45. The molecule has 2 heterocycles. The molecule has 1 atom stereocenters. The molecule has 7 heteroatoms. The second kappa shape index (κ2) is 10.7. The van der Waals surface area contributed by atoms with E-state index >= 15 is 0 Å². The molecule has 0 N–H and O–H groups in total. The zero-order valence-corrected chi connectivity index (χ0v) is 19.8. The number of aliphatic imine (C=N–C) groups is 1. The fourth-order valence-electron chi connectivity index (χ4n) is 3.85. The minimum atomic E-state index is -0.578. The first-order valence-electron chi connectivity index (χ1n) is 11.3. The van der Waals surface area contributed by atoms with Gasteiger partial charge in [-0.05, 0) is 36.6 Å². The molecule has 1 fully saturated rings. The van der Waals surface area contributed by atoms with E-state index in [1.165, 1.54) is 11.8 Å². The summed E-state index contributed by atoms with van der Waals surface area (Å²) < 4.78 is 11.4. The minimum Gasteiger partial charge on any atom is -0.494 e. The summed E-state index contributed by atoms with van der Waals surface area (Å²) >= 11 is 1.54. The van der Waals surface area contributed by atoms with Gasteiger partial charge >= 0.3 is 5.97 Å². The van der Waals surface area contributed by atoms with Crippen LogP contribution in [0.4, 0.5) is 0 Å². The number of ether oxygens (including phenoxy) is 2. The predicted molar refractivity (Wildman–Crippen MR) is 130 cm³/mol. The van der Waals surface area contributed by atoms with Crippen LogP contribution in [0.2, 0.25) is 0 Å². The quantitative estimate of drug-likeness (QED) is 0.394. The van der Waals surface area contributed by atoms with Crippen molar-refractivity contribution in [1.29, 1.82) is 0 Å². The summed E-state index contributed by atoms with van der Waals surface area (Å²) in [4.78, 5) is 32.4. The molecule has 1 saturated heterocycles. The van der Waals surface area contributed by atoms with Crippen LogP contribution in [0.1, 0.15) is 50.3 Å². The van der Waals surface area contributed by atoms with Crippen molar-refractivity contribution < 1.29 is 19.1 Å². The monoisotopic (exact) mass is 464 g/mol. The molecule has 0 aliphatic carbocycles. The van der Waals surface area contributed by atoms with Crippen molar-refractivity contribution in [2.75, 3.05) is 12.4 Å². The number of esters is 1. The number of allylic oxidation sites excluding steroid dienone is 1. The van der Waals surface area contributed by atoms with Crippen molar-refractivity contribution in [2.45, 2.75) is 45.8 Å². The van der Waals surface area contributed by atoms with Crippen LogP contribution < -0.4 is 4.74 Å². The van der Waals surface area contributed by atoms with Gasteiger partial charge in [0, 0.05) is 12.2 Å². The van der Waals surface area contributed by atoms with E-state index < -0.39 is 12.0 Å². The molecule has 0 saturated carbocycles. The van der Waals surface area contributed by atoms with Crippen molar-refractivity contribution in [3.63, 3.8) is 0 Å². The Morgan fingerprint density at radius 1 is 1.15 bits per heavy atom. The number of hydrogen-bond acceptors (Lipinski definition) is 6. The lowest BCUT2D eigenvalue weighted by molar-refractivity contribution is -0.141. The summed E-state index contributed by atoms with van der Waals surface area (Å²) in [6.45, 7) is 4.74. The standard InChI is InChI=1S/C26H28N2O4S/c1-3-4-15-31-21-12-10-20(11-13-21)24-23(25(30)32-17-19-8-6-5-7-9-19)18(2)27-26-28(24)22(29)14-16-33-26/h5-13,24H,3-4,14-17H2,1-2H3/t24-/m1/s1. The van der Waals surface area contributed by atoms with Crippen molar-refractivity contribution in [2.24, 2.45) is 4.99 Å². The summed E-state index contributed by atoms with van der Waals surface area (Å²) in [5.74, 6) is 0.953. The largest absolute Gasteiger partial charge is 0.494 e. The molecule has 1 amide bonds. The Kier molecular flexibility index (Phi) is 7.50. The molecule has 2 aromatic rings. The molecule has 4 rings (SSSR count). The maximum absolute atomic E-state index is 13.3. The number of unbranched alkanes of at least 4 members (excludes halogenated alkanes) is 1. The molecule has 2 aliphatic rings. The third-order valence-corrected chi connectivity index (χ3v) is 6.56. The number of rotatable bonds is 8. The zero-order chi connectivity index (χ0) is 23.2. The minimum absolute atomic E-state index is 0.0402. The number of hydrogen-bond donors (Lipinski definition) is 0. The molecule has 0 spiro atoms. The number of amidine groups is 1. The maximum Gasteiger partial charge on any atom is 0.338 e. The molecular weight excluding hydrogens is 436 g/mol. The molecule has 33 heavy (non-hydrogen) atoms. The van der Waals surface area contributed by atoms with Crippen molar-refractivity contribution in [3.05, 3.63) is 77.0 Å². The highest BCUT2D eigenvalue weighted by molar-refractivity contribution is 8.14. The molecule has 0 radical (unpaired) electrons. The second-order valence-corrected chi connectivity index (χ2v) is 9.05. The van der Waals surface area contributed by atoms with Gasteiger partial charge in [0.2, 0.25) is 5.91 Å². The van der Waals surface area contributed by atoms with Crippen LogP contribution in [0.5, 0.6) is 5.75 Å². The highest BCUT2D eigenvalue weighted by Crippen LogP contribution is 2.40. The highest BCUT2D eigenvalue weighted by Gasteiger charge is 2.41. The molecule has 6 nitrogen and oxygen atoms in total. The summed E-state index contributed by atoms with van der Waals surface area (Å²) in [6, 6.07) is 16.6. The van der Waals surface area contributed by atoms with E-state index in [4.69, 9.17) is 9.47 Å². The number of amides is 1. The Balaban J connectivity index is 1.63. The lowest BCUT2D eigenvalue weighted by atomic mass is 9.94. The van der Waals surface area contributed by atoms with Gasteiger partial charge < -0.3 is 9.47 Å². The number of thioether (sulfide) groups is 1. The lowest BCUT2D eigenvalue weighted by Gasteiger charge is -2.38. The first-order chi connectivity index (χ1) is 16.1. The summed E-state index contributed by atoms with van der Waals surface area (Å²) in [7, 11) is 0. The number of carbonyl (C=O) groups is 2. The van der Waals surface area contributed by atoms with Crippen molar-refractivity contribution in [3.8, 4) is 5.75 Å². The van der Waals surface area contributed by atoms with Crippen LogP contribution in [-0.2, 0) is 20.9 Å². The summed E-state index contributed by atoms with van der Waals surface area (Å²) in [5, 5.41) is 0.636. The van der Waals surface area contributed by atoms with Crippen LogP contribution in [-0.4, -0.2) is 34.3 Å². The number of benzene rings is 2. The third-order valence-electron chi connectivity index (χ3n) is 5.60. The van der Waals surface area contributed by atoms with Crippen LogP contribution in [0, 0.1) is 0 Å². The topological polar surface area (TPSA) is 68.2 Å². The highest BCUT2D eigenvalue weighted by atomic mass is 32.2. The Bertz CT molecular complexity index is 1060. The van der Waals surface area contributed by atoms with E-state index in [1.807, 2.05) is 54.6 Å². The van der Waals surface area contributed by atoms with E-state index in [9.17, 15) is 9.59 Å². The Labute approximate surface area is 198 Å². The average molecular weight is 465 g/mol. The molecule has 0 bridgehead atoms. The van der Waals surface area contributed by atoms with Gasteiger partial charge in [0.1, 0.15) is 12.4 Å². The van der Waals surface area contributed by atoms with Gasteiger partial charge in [0.05, 0.1) is 23.9 Å². The Morgan fingerprint density at radius 3 is 2.64 bits per heavy atom. The molecule has 0 aromatic heterocycles. The molecule has 0 unspecified atom stereocenters. The van der Waals surface area contributed by atoms with Crippen molar-refractivity contribution in [1.82, 2.24) is 4.90 Å². The fraction of sp³-hybridized carbons (Fsp3) is 0.346. The van der Waals surface area contributed by atoms with Gasteiger partial charge in [0.15, 0.2) is 5.17 Å². The predicted octanol–water partition coefficient (Wildman–Crippen LogP) is 5.26. The van der Waals surface area contributed by atoms with Gasteiger partial charge in [-0.15, -0.1) is 0 Å². The average Bonchev–Trinajstić information content (AvgIpc) is 2.83.